The standard InChI is InChI=1S/C23H36O4/c1-14(20(25)27-4)17-9-12-23(26)19-6-5-15-13-16(24)7-10-21(15,2)18(19)8-11-22(17,23)3/h15-19,24,26H,1,5-13H2,2-4H3/t15?,16?,17-,18?,19?,21?,22?,23?/m1/s1. The van der Waals surface area contributed by atoms with Crippen molar-refractivity contribution in [1.82, 2.24) is 0 Å². The number of aliphatic hydroxyl groups is 2. The number of aliphatic hydroxyl groups excluding tert-OH is 1. The Balaban J connectivity index is 1.64. The first-order valence-corrected chi connectivity index (χ1v) is 10.8. The number of ether oxygens (including phenoxy) is 1. The van der Waals surface area contributed by atoms with Gasteiger partial charge in [0.15, 0.2) is 0 Å². The number of methoxy groups -OCH3 is 1. The van der Waals surface area contributed by atoms with Crippen molar-refractivity contribution in [3.8, 4) is 0 Å². The van der Waals surface area contributed by atoms with Crippen LogP contribution in [0.2, 0.25) is 0 Å². The van der Waals surface area contributed by atoms with Gasteiger partial charge in [-0.15, -0.1) is 0 Å². The van der Waals surface area contributed by atoms with E-state index in [9.17, 15) is 15.0 Å². The quantitative estimate of drug-likeness (QED) is 0.567. The van der Waals surface area contributed by atoms with E-state index < -0.39 is 5.60 Å². The van der Waals surface area contributed by atoms with Gasteiger partial charge in [-0.2, -0.15) is 0 Å². The molecule has 4 heteroatoms. The van der Waals surface area contributed by atoms with Gasteiger partial charge in [-0.25, -0.2) is 4.79 Å². The largest absolute Gasteiger partial charge is 0.466 e. The van der Waals surface area contributed by atoms with Crippen LogP contribution in [-0.4, -0.2) is 35.0 Å². The van der Waals surface area contributed by atoms with Crippen molar-refractivity contribution in [1.29, 1.82) is 0 Å². The molecule has 4 aliphatic carbocycles. The minimum atomic E-state index is -0.721. The van der Waals surface area contributed by atoms with Crippen LogP contribution in [0.3, 0.4) is 0 Å². The third kappa shape index (κ3) is 2.51. The zero-order chi connectivity index (χ0) is 19.6. The topological polar surface area (TPSA) is 66.8 Å². The summed E-state index contributed by atoms with van der Waals surface area (Å²) in [5.74, 6) is 1.08. The van der Waals surface area contributed by atoms with Crippen LogP contribution in [0.5, 0.6) is 0 Å². The Morgan fingerprint density at radius 1 is 1.04 bits per heavy atom. The van der Waals surface area contributed by atoms with E-state index in [2.05, 4.69) is 20.4 Å². The van der Waals surface area contributed by atoms with Gasteiger partial charge < -0.3 is 14.9 Å². The summed E-state index contributed by atoms with van der Waals surface area (Å²) in [5, 5.41) is 22.2. The summed E-state index contributed by atoms with van der Waals surface area (Å²) in [5.41, 5.74) is -0.246. The fourth-order valence-corrected chi connectivity index (χ4v) is 8.03. The number of rotatable bonds is 2. The molecule has 0 heterocycles. The zero-order valence-electron chi connectivity index (χ0n) is 17.2. The monoisotopic (exact) mass is 376 g/mol. The van der Waals surface area contributed by atoms with Gasteiger partial charge in [0.1, 0.15) is 0 Å². The Morgan fingerprint density at radius 2 is 1.78 bits per heavy atom. The third-order valence-corrected chi connectivity index (χ3v) is 9.69. The molecule has 8 atom stereocenters. The van der Waals surface area contributed by atoms with Crippen molar-refractivity contribution in [2.24, 2.45) is 34.5 Å². The summed E-state index contributed by atoms with van der Waals surface area (Å²) in [6.07, 6.45) is 8.54. The van der Waals surface area contributed by atoms with Crippen LogP contribution in [0.25, 0.3) is 0 Å². The molecule has 7 unspecified atom stereocenters. The maximum atomic E-state index is 12.1. The fraction of sp³-hybridized carbons (Fsp3) is 0.870. The SMILES string of the molecule is C=C(C(=O)OC)[C@H]1CCC2(O)C3CCC4CC(O)CCC4(C)C3CCC12C. The van der Waals surface area contributed by atoms with Crippen LogP contribution >= 0.6 is 0 Å². The highest BCUT2D eigenvalue weighted by molar-refractivity contribution is 5.88. The van der Waals surface area contributed by atoms with Crippen molar-refractivity contribution >= 4 is 5.97 Å². The van der Waals surface area contributed by atoms with E-state index in [1.165, 1.54) is 7.11 Å². The lowest BCUT2D eigenvalue weighted by Gasteiger charge is -2.63. The van der Waals surface area contributed by atoms with E-state index in [1.807, 2.05) is 0 Å². The van der Waals surface area contributed by atoms with Gasteiger partial charge in [0, 0.05) is 11.0 Å². The van der Waals surface area contributed by atoms with E-state index in [4.69, 9.17) is 4.74 Å². The predicted octanol–water partition coefficient (Wildman–Crippen LogP) is 3.85. The molecule has 4 nitrogen and oxygen atoms in total. The van der Waals surface area contributed by atoms with Crippen LogP contribution < -0.4 is 0 Å². The fourth-order valence-electron chi connectivity index (χ4n) is 8.03. The Labute approximate surface area is 163 Å². The Hall–Kier alpha value is -0.870. The predicted molar refractivity (Wildman–Crippen MR) is 104 cm³/mol. The normalized spacial score (nSPS) is 51.7. The lowest BCUT2D eigenvalue weighted by atomic mass is 9.43. The van der Waals surface area contributed by atoms with Crippen molar-refractivity contribution < 1.29 is 19.7 Å². The second kappa shape index (κ2) is 6.32. The first-order valence-electron chi connectivity index (χ1n) is 10.8. The molecule has 0 amide bonds. The van der Waals surface area contributed by atoms with Gasteiger partial charge in [0.2, 0.25) is 0 Å². The molecule has 0 aromatic carbocycles. The zero-order valence-corrected chi connectivity index (χ0v) is 17.2. The molecule has 0 bridgehead atoms. The highest BCUT2D eigenvalue weighted by atomic mass is 16.5. The van der Waals surface area contributed by atoms with Crippen molar-refractivity contribution in [3.05, 3.63) is 12.2 Å². The molecule has 0 aliphatic heterocycles. The molecule has 0 saturated heterocycles. The minimum Gasteiger partial charge on any atom is -0.466 e. The Morgan fingerprint density at radius 3 is 2.48 bits per heavy atom. The van der Waals surface area contributed by atoms with Gasteiger partial charge in [0.05, 0.1) is 18.8 Å². The molecule has 4 saturated carbocycles. The first kappa shape index (κ1) is 19.4. The summed E-state index contributed by atoms with van der Waals surface area (Å²) >= 11 is 0. The molecular weight excluding hydrogens is 340 g/mol. The molecule has 4 aliphatic rings. The lowest BCUT2D eigenvalue weighted by molar-refractivity contribution is -0.208. The van der Waals surface area contributed by atoms with Crippen molar-refractivity contribution in [2.45, 2.75) is 83.3 Å². The summed E-state index contributed by atoms with van der Waals surface area (Å²) in [7, 11) is 1.41. The molecule has 4 fully saturated rings. The van der Waals surface area contributed by atoms with E-state index >= 15 is 0 Å². The van der Waals surface area contributed by atoms with Gasteiger partial charge in [-0.05, 0) is 86.9 Å². The summed E-state index contributed by atoms with van der Waals surface area (Å²) in [6, 6.07) is 0. The molecule has 2 N–H and O–H groups in total. The molecule has 0 radical (unpaired) electrons. The molecular formula is C23H36O4. The molecule has 27 heavy (non-hydrogen) atoms. The third-order valence-electron chi connectivity index (χ3n) is 9.69. The number of fused-ring (bicyclic) bond motifs is 5. The first-order chi connectivity index (χ1) is 12.7. The number of carbonyl (C=O) groups is 1. The van der Waals surface area contributed by atoms with Gasteiger partial charge in [-0.3, -0.25) is 0 Å². The summed E-state index contributed by atoms with van der Waals surface area (Å²) in [4.78, 5) is 12.1. The maximum Gasteiger partial charge on any atom is 0.333 e. The summed E-state index contributed by atoms with van der Waals surface area (Å²) in [6.45, 7) is 8.66. The second-order valence-electron chi connectivity index (χ2n) is 10.4. The highest BCUT2D eigenvalue weighted by Crippen LogP contribution is 2.69. The average molecular weight is 377 g/mol. The summed E-state index contributed by atoms with van der Waals surface area (Å²) < 4.78 is 4.94. The number of hydrogen-bond acceptors (Lipinski definition) is 4. The number of hydrogen-bond donors (Lipinski definition) is 2. The van der Waals surface area contributed by atoms with Gasteiger partial charge in [0.25, 0.3) is 0 Å². The van der Waals surface area contributed by atoms with Gasteiger partial charge >= 0.3 is 5.97 Å². The molecule has 0 aromatic rings. The van der Waals surface area contributed by atoms with E-state index in [0.717, 1.165) is 57.8 Å². The molecule has 152 valence electrons. The van der Waals surface area contributed by atoms with Crippen molar-refractivity contribution in [3.63, 3.8) is 0 Å². The van der Waals surface area contributed by atoms with Crippen LogP contribution in [-0.2, 0) is 9.53 Å². The maximum absolute atomic E-state index is 12.1. The van der Waals surface area contributed by atoms with Crippen LogP contribution in [0.4, 0.5) is 0 Å². The molecule has 0 spiro atoms. The van der Waals surface area contributed by atoms with Crippen LogP contribution in [0.1, 0.15) is 71.6 Å². The van der Waals surface area contributed by atoms with E-state index in [0.29, 0.717) is 23.3 Å². The lowest BCUT2D eigenvalue weighted by Crippen LogP contribution is -2.62. The Bertz CT molecular complexity index is 644. The van der Waals surface area contributed by atoms with E-state index in [-0.39, 0.29) is 28.8 Å². The van der Waals surface area contributed by atoms with Crippen LogP contribution in [0, 0.1) is 34.5 Å². The minimum absolute atomic E-state index is 0.00890. The number of esters is 1. The van der Waals surface area contributed by atoms with Crippen molar-refractivity contribution in [2.75, 3.05) is 7.11 Å². The smallest absolute Gasteiger partial charge is 0.333 e. The molecule has 0 aromatic heterocycles. The van der Waals surface area contributed by atoms with Gasteiger partial charge in [-0.1, -0.05) is 20.4 Å². The highest BCUT2D eigenvalue weighted by Gasteiger charge is 2.67. The second-order valence-corrected chi connectivity index (χ2v) is 10.4. The Kier molecular flexibility index (Phi) is 4.55. The van der Waals surface area contributed by atoms with Crippen LogP contribution in [0.15, 0.2) is 12.2 Å². The molecule has 4 rings (SSSR count). The van der Waals surface area contributed by atoms with E-state index in [1.54, 1.807) is 0 Å². The number of carbonyl (C=O) groups excluding carboxylic acids is 1. The average Bonchev–Trinajstić information content (AvgIpc) is 2.92.